The maximum Gasteiger partial charge on any atom is 0.249 e. The van der Waals surface area contributed by atoms with E-state index in [0.717, 1.165) is 6.42 Å². The second-order valence-corrected chi connectivity index (χ2v) is 4.98. The lowest BCUT2D eigenvalue weighted by Crippen LogP contribution is -2.35. The van der Waals surface area contributed by atoms with Crippen LogP contribution in [0.25, 0.3) is 0 Å². The first kappa shape index (κ1) is 15.7. The fraction of sp³-hybridized carbons (Fsp3) is 0.533. The molecule has 21 heavy (non-hydrogen) atoms. The third kappa shape index (κ3) is 4.15. The molecule has 1 aromatic carbocycles. The van der Waals surface area contributed by atoms with Crippen LogP contribution in [0.2, 0.25) is 0 Å². The summed E-state index contributed by atoms with van der Waals surface area (Å²) in [5.74, 6) is -0.387. The average Bonchev–Trinajstić information content (AvgIpc) is 2.96. The Kier molecular flexibility index (Phi) is 5.52. The highest BCUT2D eigenvalue weighted by molar-refractivity contribution is 5.81. The summed E-state index contributed by atoms with van der Waals surface area (Å²) in [5.41, 5.74) is 6.18. The number of nitrogens with two attached hydrogens (primary N) is 1. The van der Waals surface area contributed by atoms with Crippen LogP contribution in [-0.4, -0.2) is 31.3 Å². The third-order valence-corrected chi connectivity index (χ3v) is 3.43. The molecule has 1 aliphatic heterocycles. The van der Waals surface area contributed by atoms with Crippen molar-refractivity contribution in [3.8, 4) is 5.75 Å². The number of benzene rings is 1. The Morgan fingerprint density at radius 2 is 2.33 bits per heavy atom. The number of hydrogen-bond acceptors (Lipinski definition) is 4. The molecule has 2 atom stereocenters. The lowest BCUT2D eigenvalue weighted by molar-refractivity contribution is -0.132. The molecule has 1 aromatic rings. The van der Waals surface area contributed by atoms with Crippen molar-refractivity contribution < 1.29 is 18.7 Å². The molecule has 2 rings (SSSR count). The van der Waals surface area contributed by atoms with Crippen molar-refractivity contribution in [2.45, 2.75) is 38.5 Å². The van der Waals surface area contributed by atoms with E-state index >= 15 is 0 Å². The van der Waals surface area contributed by atoms with Crippen molar-refractivity contribution in [1.82, 2.24) is 5.32 Å². The monoisotopic (exact) mass is 296 g/mol. The first-order valence-electron chi connectivity index (χ1n) is 7.18. The van der Waals surface area contributed by atoms with Crippen LogP contribution < -0.4 is 15.8 Å². The molecule has 0 aromatic heterocycles. The van der Waals surface area contributed by atoms with Crippen LogP contribution in [0.1, 0.15) is 25.3 Å². The Hall–Kier alpha value is -1.66. The molecule has 3 N–H and O–H groups in total. The van der Waals surface area contributed by atoms with Gasteiger partial charge in [0.1, 0.15) is 6.10 Å². The number of amides is 1. The van der Waals surface area contributed by atoms with Gasteiger partial charge in [0.25, 0.3) is 0 Å². The minimum Gasteiger partial charge on any atom is -0.491 e. The lowest BCUT2D eigenvalue weighted by Gasteiger charge is -2.13. The molecule has 1 amide bonds. The van der Waals surface area contributed by atoms with Gasteiger partial charge in [0.05, 0.1) is 12.7 Å². The van der Waals surface area contributed by atoms with E-state index in [-0.39, 0.29) is 24.3 Å². The number of carbonyl (C=O) groups excluding carboxylic acids is 1. The molecule has 0 saturated carbocycles. The summed E-state index contributed by atoms with van der Waals surface area (Å²) in [4.78, 5) is 11.9. The summed E-state index contributed by atoms with van der Waals surface area (Å²) < 4.78 is 24.3. The van der Waals surface area contributed by atoms with E-state index in [9.17, 15) is 9.18 Å². The number of hydrogen-bond donors (Lipinski definition) is 2. The van der Waals surface area contributed by atoms with Gasteiger partial charge in [0.2, 0.25) is 5.91 Å². The second-order valence-electron chi connectivity index (χ2n) is 4.98. The molecule has 1 saturated heterocycles. The predicted octanol–water partition coefficient (Wildman–Crippen LogP) is 1.35. The summed E-state index contributed by atoms with van der Waals surface area (Å²) in [6.45, 7) is 2.89. The van der Waals surface area contributed by atoms with Gasteiger partial charge in [-0.3, -0.25) is 4.79 Å². The van der Waals surface area contributed by atoms with Gasteiger partial charge in [-0.15, -0.1) is 0 Å². The standard InChI is InChI=1S/C15H21FN2O3/c1-2-20-13-5-3-10(7-12(13)16)9-18-15(19)14-6-4-11(8-17)21-14/h3,5,7,11,14H,2,4,6,8-9,17H2,1H3,(H,18,19)/t11-,14+/m1/s1. The van der Waals surface area contributed by atoms with E-state index in [1.54, 1.807) is 19.1 Å². The number of ether oxygens (including phenoxy) is 2. The van der Waals surface area contributed by atoms with Gasteiger partial charge >= 0.3 is 0 Å². The van der Waals surface area contributed by atoms with Crippen LogP contribution in [0.4, 0.5) is 4.39 Å². The lowest BCUT2D eigenvalue weighted by atomic mass is 10.1. The van der Waals surface area contributed by atoms with Crippen LogP contribution in [0.5, 0.6) is 5.75 Å². The molecular weight excluding hydrogens is 275 g/mol. The molecule has 0 bridgehead atoms. The molecule has 0 aliphatic carbocycles. The zero-order valence-electron chi connectivity index (χ0n) is 12.1. The summed E-state index contributed by atoms with van der Waals surface area (Å²) in [6.07, 6.45) is 0.979. The second kappa shape index (κ2) is 7.38. The van der Waals surface area contributed by atoms with E-state index in [0.29, 0.717) is 25.1 Å². The summed E-state index contributed by atoms with van der Waals surface area (Å²) in [6, 6.07) is 4.66. The van der Waals surface area contributed by atoms with Gasteiger partial charge in [-0.1, -0.05) is 6.07 Å². The Morgan fingerprint density at radius 3 is 2.95 bits per heavy atom. The molecule has 0 unspecified atom stereocenters. The zero-order chi connectivity index (χ0) is 15.2. The molecule has 1 fully saturated rings. The Labute approximate surface area is 123 Å². The molecular formula is C15H21FN2O3. The van der Waals surface area contributed by atoms with Gasteiger partial charge in [-0.05, 0) is 37.5 Å². The van der Waals surface area contributed by atoms with Crippen LogP contribution in [0.15, 0.2) is 18.2 Å². The number of carbonyl (C=O) groups is 1. The quantitative estimate of drug-likeness (QED) is 0.831. The van der Waals surface area contributed by atoms with Gasteiger partial charge in [-0.2, -0.15) is 0 Å². The van der Waals surface area contributed by atoms with Gasteiger partial charge in [0, 0.05) is 13.1 Å². The number of nitrogens with one attached hydrogen (secondary N) is 1. The van der Waals surface area contributed by atoms with Crippen LogP contribution >= 0.6 is 0 Å². The van der Waals surface area contributed by atoms with E-state index in [1.165, 1.54) is 6.07 Å². The summed E-state index contributed by atoms with van der Waals surface area (Å²) in [5, 5.41) is 2.75. The Balaban J connectivity index is 1.85. The van der Waals surface area contributed by atoms with E-state index in [2.05, 4.69) is 5.32 Å². The third-order valence-electron chi connectivity index (χ3n) is 3.43. The van der Waals surface area contributed by atoms with Crippen LogP contribution in [-0.2, 0) is 16.1 Å². The maximum absolute atomic E-state index is 13.7. The zero-order valence-corrected chi connectivity index (χ0v) is 12.1. The smallest absolute Gasteiger partial charge is 0.249 e. The fourth-order valence-corrected chi connectivity index (χ4v) is 2.30. The average molecular weight is 296 g/mol. The minimum absolute atomic E-state index is 0.0383. The molecule has 1 heterocycles. The normalized spacial score (nSPS) is 21.3. The van der Waals surface area contributed by atoms with Gasteiger partial charge < -0.3 is 20.5 Å². The molecule has 0 radical (unpaired) electrons. The molecule has 116 valence electrons. The van der Waals surface area contributed by atoms with Crippen molar-refractivity contribution in [3.05, 3.63) is 29.6 Å². The topological polar surface area (TPSA) is 73.6 Å². The summed E-state index contributed by atoms with van der Waals surface area (Å²) >= 11 is 0. The first-order chi connectivity index (χ1) is 10.1. The van der Waals surface area contributed by atoms with Crippen molar-refractivity contribution in [3.63, 3.8) is 0 Å². The highest BCUT2D eigenvalue weighted by Crippen LogP contribution is 2.20. The van der Waals surface area contributed by atoms with Crippen LogP contribution in [0, 0.1) is 5.82 Å². The number of rotatable bonds is 6. The highest BCUT2D eigenvalue weighted by atomic mass is 19.1. The molecule has 5 nitrogen and oxygen atoms in total. The number of halogens is 1. The molecule has 0 spiro atoms. The summed E-state index contributed by atoms with van der Waals surface area (Å²) in [7, 11) is 0. The molecule has 6 heteroatoms. The SMILES string of the molecule is CCOc1ccc(CNC(=O)[C@@H]2CC[C@H](CN)O2)cc1F. The van der Waals surface area contributed by atoms with Crippen molar-refractivity contribution in [2.75, 3.05) is 13.2 Å². The van der Waals surface area contributed by atoms with E-state index in [1.807, 2.05) is 0 Å². The first-order valence-corrected chi connectivity index (χ1v) is 7.18. The van der Waals surface area contributed by atoms with E-state index < -0.39 is 11.9 Å². The van der Waals surface area contributed by atoms with Gasteiger partial charge in [0.15, 0.2) is 11.6 Å². The predicted molar refractivity (Wildman–Crippen MR) is 76.4 cm³/mol. The molecule has 1 aliphatic rings. The Morgan fingerprint density at radius 1 is 1.52 bits per heavy atom. The van der Waals surface area contributed by atoms with Gasteiger partial charge in [-0.25, -0.2) is 4.39 Å². The Bertz CT molecular complexity index is 496. The van der Waals surface area contributed by atoms with Crippen LogP contribution in [0.3, 0.4) is 0 Å². The highest BCUT2D eigenvalue weighted by Gasteiger charge is 2.29. The maximum atomic E-state index is 13.7. The largest absolute Gasteiger partial charge is 0.491 e. The fourth-order valence-electron chi connectivity index (χ4n) is 2.30. The van der Waals surface area contributed by atoms with Crippen molar-refractivity contribution in [2.24, 2.45) is 5.73 Å². The minimum atomic E-state index is -0.453. The van der Waals surface area contributed by atoms with Crippen molar-refractivity contribution >= 4 is 5.91 Å². The van der Waals surface area contributed by atoms with E-state index in [4.69, 9.17) is 15.2 Å². The van der Waals surface area contributed by atoms with Crippen molar-refractivity contribution in [1.29, 1.82) is 0 Å².